The number of halogens is 1. The van der Waals surface area contributed by atoms with Crippen LogP contribution >= 0.6 is 22.9 Å². The van der Waals surface area contributed by atoms with Crippen molar-refractivity contribution in [1.82, 2.24) is 9.78 Å². The number of nitrogens with zero attached hydrogens (tertiary/aromatic N) is 2. The van der Waals surface area contributed by atoms with Crippen LogP contribution in [-0.4, -0.2) is 15.6 Å². The summed E-state index contributed by atoms with van der Waals surface area (Å²) in [7, 11) is 0. The van der Waals surface area contributed by atoms with E-state index in [0.29, 0.717) is 5.02 Å². The lowest BCUT2D eigenvalue weighted by molar-refractivity contribution is 0.0971. The van der Waals surface area contributed by atoms with Crippen LogP contribution in [0, 0.1) is 13.8 Å². The van der Waals surface area contributed by atoms with Crippen molar-refractivity contribution in [3.8, 4) is 0 Å². The maximum Gasteiger partial charge on any atom is 0.194 e. The standard InChI is InChI=1S/C11H11ClN2OS/c1-7-3-4-11(16-7)10(15)6-14-5-9(12)8(2)13-14/h3-5H,6H2,1-2H3. The van der Waals surface area contributed by atoms with Crippen LogP contribution in [0.2, 0.25) is 5.02 Å². The highest BCUT2D eigenvalue weighted by molar-refractivity contribution is 7.14. The molecule has 0 atom stereocenters. The van der Waals surface area contributed by atoms with Crippen LogP contribution in [0.25, 0.3) is 0 Å². The summed E-state index contributed by atoms with van der Waals surface area (Å²) in [5.74, 6) is 0.0669. The van der Waals surface area contributed by atoms with Gasteiger partial charge in [-0.05, 0) is 26.0 Å². The predicted octanol–water partition coefficient (Wildman–Crippen LogP) is 3.10. The first-order valence-corrected chi connectivity index (χ1v) is 6.05. The van der Waals surface area contributed by atoms with E-state index in [9.17, 15) is 4.79 Å². The lowest BCUT2D eigenvalue weighted by Gasteiger charge is -1.97. The normalized spacial score (nSPS) is 10.7. The second kappa shape index (κ2) is 4.39. The molecule has 5 heteroatoms. The Morgan fingerprint density at radius 2 is 2.25 bits per heavy atom. The second-order valence-electron chi connectivity index (χ2n) is 3.59. The molecule has 0 spiro atoms. The summed E-state index contributed by atoms with van der Waals surface area (Å²) >= 11 is 7.37. The largest absolute Gasteiger partial charge is 0.291 e. The van der Waals surface area contributed by atoms with Crippen molar-refractivity contribution in [2.45, 2.75) is 20.4 Å². The topological polar surface area (TPSA) is 34.9 Å². The Balaban J connectivity index is 2.13. The minimum Gasteiger partial charge on any atom is -0.291 e. The first kappa shape index (κ1) is 11.4. The molecule has 0 N–H and O–H groups in total. The van der Waals surface area contributed by atoms with E-state index in [-0.39, 0.29) is 12.3 Å². The highest BCUT2D eigenvalue weighted by Crippen LogP contribution is 2.17. The van der Waals surface area contributed by atoms with Gasteiger partial charge >= 0.3 is 0 Å². The van der Waals surface area contributed by atoms with E-state index in [1.165, 1.54) is 11.3 Å². The second-order valence-corrected chi connectivity index (χ2v) is 5.29. The molecule has 0 bridgehead atoms. The number of Topliss-reactive ketones (excluding diaryl/α,β-unsaturated/α-hetero) is 1. The van der Waals surface area contributed by atoms with Crippen molar-refractivity contribution in [1.29, 1.82) is 0 Å². The van der Waals surface area contributed by atoms with Gasteiger partial charge in [0.2, 0.25) is 0 Å². The van der Waals surface area contributed by atoms with E-state index in [4.69, 9.17) is 11.6 Å². The Morgan fingerprint density at radius 3 is 2.75 bits per heavy atom. The third kappa shape index (κ3) is 2.33. The molecule has 0 unspecified atom stereocenters. The van der Waals surface area contributed by atoms with Gasteiger partial charge < -0.3 is 0 Å². The van der Waals surface area contributed by atoms with Gasteiger partial charge in [-0.1, -0.05) is 11.6 Å². The monoisotopic (exact) mass is 254 g/mol. The molecule has 2 rings (SSSR count). The van der Waals surface area contributed by atoms with Crippen molar-refractivity contribution in [3.05, 3.63) is 38.8 Å². The third-order valence-corrected chi connectivity index (χ3v) is 3.62. The van der Waals surface area contributed by atoms with Crippen LogP contribution in [0.3, 0.4) is 0 Å². The Labute approximate surface area is 103 Å². The van der Waals surface area contributed by atoms with Crippen LogP contribution in [0.1, 0.15) is 20.2 Å². The van der Waals surface area contributed by atoms with Crippen molar-refractivity contribution in [2.75, 3.05) is 0 Å². The van der Waals surface area contributed by atoms with E-state index in [1.807, 2.05) is 26.0 Å². The molecular weight excluding hydrogens is 244 g/mol. The van der Waals surface area contributed by atoms with Crippen molar-refractivity contribution in [2.24, 2.45) is 0 Å². The fraction of sp³-hybridized carbons (Fsp3) is 0.273. The maximum absolute atomic E-state index is 11.9. The number of carbonyl (C=O) groups excluding carboxylic acids is 1. The van der Waals surface area contributed by atoms with Gasteiger partial charge in [0.15, 0.2) is 5.78 Å². The average molecular weight is 255 g/mol. The maximum atomic E-state index is 11.9. The Kier molecular flexibility index (Phi) is 3.12. The highest BCUT2D eigenvalue weighted by Gasteiger charge is 2.10. The zero-order valence-corrected chi connectivity index (χ0v) is 10.6. The van der Waals surface area contributed by atoms with E-state index < -0.39 is 0 Å². The Bertz CT molecular complexity index is 510. The predicted molar refractivity (Wildman–Crippen MR) is 65.4 cm³/mol. The summed E-state index contributed by atoms with van der Waals surface area (Å²) in [5, 5.41) is 4.74. The van der Waals surface area contributed by atoms with Gasteiger partial charge in [0.05, 0.1) is 15.6 Å². The number of hydrogen-bond donors (Lipinski definition) is 0. The molecule has 2 aromatic heterocycles. The quantitative estimate of drug-likeness (QED) is 0.789. The summed E-state index contributed by atoms with van der Waals surface area (Å²) in [5.41, 5.74) is 0.747. The molecule has 0 aliphatic heterocycles. The lowest BCUT2D eigenvalue weighted by Crippen LogP contribution is -2.09. The molecule has 84 valence electrons. The van der Waals surface area contributed by atoms with Gasteiger partial charge in [-0.15, -0.1) is 11.3 Å². The van der Waals surface area contributed by atoms with Crippen LogP contribution in [0.15, 0.2) is 18.3 Å². The SMILES string of the molecule is Cc1ccc(C(=O)Cn2cc(Cl)c(C)n2)s1. The van der Waals surface area contributed by atoms with E-state index in [1.54, 1.807) is 10.9 Å². The van der Waals surface area contributed by atoms with E-state index in [0.717, 1.165) is 15.4 Å². The van der Waals surface area contributed by atoms with Gasteiger partial charge in [0.25, 0.3) is 0 Å². The molecule has 0 radical (unpaired) electrons. The molecule has 0 saturated carbocycles. The number of rotatable bonds is 3. The van der Waals surface area contributed by atoms with Crippen LogP contribution < -0.4 is 0 Å². The molecular formula is C11H11ClN2OS. The first-order chi connectivity index (χ1) is 7.56. The van der Waals surface area contributed by atoms with E-state index in [2.05, 4.69) is 5.10 Å². The number of aromatic nitrogens is 2. The summed E-state index contributed by atoms with van der Waals surface area (Å²) in [6.07, 6.45) is 1.68. The molecule has 0 fully saturated rings. The molecule has 3 nitrogen and oxygen atoms in total. The van der Waals surface area contributed by atoms with E-state index >= 15 is 0 Å². The zero-order chi connectivity index (χ0) is 11.7. The lowest BCUT2D eigenvalue weighted by atomic mass is 10.3. The summed E-state index contributed by atoms with van der Waals surface area (Å²) in [6, 6.07) is 3.79. The van der Waals surface area contributed by atoms with Crippen LogP contribution in [0.4, 0.5) is 0 Å². The van der Waals surface area contributed by atoms with Crippen LogP contribution in [0.5, 0.6) is 0 Å². The van der Waals surface area contributed by atoms with Crippen molar-refractivity contribution in [3.63, 3.8) is 0 Å². The summed E-state index contributed by atoms with van der Waals surface area (Å²) < 4.78 is 1.58. The van der Waals surface area contributed by atoms with Gasteiger partial charge in [-0.25, -0.2) is 0 Å². The van der Waals surface area contributed by atoms with Crippen molar-refractivity contribution >= 4 is 28.7 Å². The summed E-state index contributed by atoms with van der Waals surface area (Å²) in [4.78, 5) is 13.8. The van der Waals surface area contributed by atoms with Gasteiger partial charge in [0.1, 0.15) is 6.54 Å². The highest BCUT2D eigenvalue weighted by atomic mass is 35.5. The third-order valence-electron chi connectivity index (χ3n) is 2.21. The molecule has 0 saturated heterocycles. The molecule has 0 amide bonds. The fourth-order valence-electron chi connectivity index (χ4n) is 1.38. The first-order valence-electron chi connectivity index (χ1n) is 4.85. The average Bonchev–Trinajstić information content (AvgIpc) is 2.75. The van der Waals surface area contributed by atoms with Crippen molar-refractivity contribution < 1.29 is 4.79 Å². The zero-order valence-electron chi connectivity index (χ0n) is 9.03. The Morgan fingerprint density at radius 1 is 1.50 bits per heavy atom. The minimum absolute atomic E-state index is 0.0669. The molecule has 16 heavy (non-hydrogen) atoms. The Hall–Kier alpha value is -1.13. The molecule has 2 aromatic rings. The molecule has 0 aromatic carbocycles. The fourth-order valence-corrected chi connectivity index (χ4v) is 2.33. The van der Waals surface area contributed by atoms with Crippen LogP contribution in [-0.2, 0) is 6.54 Å². The number of carbonyl (C=O) groups is 1. The van der Waals surface area contributed by atoms with Gasteiger partial charge in [0, 0.05) is 11.1 Å². The number of aryl methyl sites for hydroxylation is 2. The smallest absolute Gasteiger partial charge is 0.194 e. The number of hydrogen-bond acceptors (Lipinski definition) is 3. The number of ketones is 1. The minimum atomic E-state index is 0.0669. The molecule has 0 aliphatic rings. The summed E-state index contributed by atoms with van der Waals surface area (Å²) in [6.45, 7) is 4.04. The molecule has 2 heterocycles. The number of thiophene rings is 1. The van der Waals surface area contributed by atoms with Gasteiger partial charge in [-0.2, -0.15) is 5.10 Å². The molecule has 0 aliphatic carbocycles. The van der Waals surface area contributed by atoms with Gasteiger partial charge in [-0.3, -0.25) is 9.48 Å².